The standard InChI is InChI=1S/C13H13N3S/c1-3-13-15-11(7-17-13)9-4-5-12-10(6-9)14-8-16(12)2/h4-8H,3H2,1-2H3. The molecule has 1 aromatic carbocycles. The quantitative estimate of drug-likeness (QED) is 0.691. The van der Waals surface area contributed by atoms with Crippen LogP contribution >= 0.6 is 11.3 Å². The van der Waals surface area contributed by atoms with Gasteiger partial charge in [-0.05, 0) is 18.6 Å². The summed E-state index contributed by atoms with van der Waals surface area (Å²) in [6.45, 7) is 2.13. The van der Waals surface area contributed by atoms with Gasteiger partial charge < -0.3 is 4.57 Å². The minimum Gasteiger partial charge on any atom is -0.334 e. The summed E-state index contributed by atoms with van der Waals surface area (Å²) in [5, 5.41) is 3.30. The summed E-state index contributed by atoms with van der Waals surface area (Å²) in [7, 11) is 2.01. The number of thiazole rings is 1. The summed E-state index contributed by atoms with van der Waals surface area (Å²) in [5.74, 6) is 0. The molecule has 3 rings (SSSR count). The lowest BCUT2D eigenvalue weighted by atomic mass is 10.1. The summed E-state index contributed by atoms with van der Waals surface area (Å²) in [6, 6.07) is 6.31. The third-order valence-corrected chi connectivity index (χ3v) is 3.87. The molecule has 0 fully saturated rings. The zero-order valence-electron chi connectivity index (χ0n) is 9.84. The van der Waals surface area contributed by atoms with Crippen LogP contribution in [0.15, 0.2) is 29.9 Å². The molecule has 0 bridgehead atoms. The van der Waals surface area contributed by atoms with Crippen LogP contribution in [0.4, 0.5) is 0 Å². The van der Waals surface area contributed by atoms with Crippen LogP contribution in [0, 0.1) is 0 Å². The van der Waals surface area contributed by atoms with Crippen LogP contribution in [0.1, 0.15) is 11.9 Å². The SMILES string of the molecule is CCc1nc(-c2ccc3c(c2)ncn3C)cs1. The molecule has 0 amide bonds. The van der Waals surface area contributed by atoms with E-state index in [1.165, 1.54) is 5.01 Å². The first-order valence-corrected chi connectivity index (χ1v) is 6.51. The Kier molecular flexibility index (Phi) is 2.44. The van der Waals surface area contributed by atoms with Gasteiger partial charge in [0.05, 0.1) is 28.1 Å². The van der Waals surface area contributed by atoms with Gasteiger partial charge in [0.15, 0.2) is 0 Å². The first-order valence-electron chi connectivity index (χ1n) is 5.64. The monoisotopic (exact) mass is 243 g/mol. The van der Waals surface area contributed by atoms with E-state index in [-0.39, 0.29) is 0 Å². The van der Waals surface area contributed by atoms with Crippen LogP contribution < -0.4 is 0 Å². The minimum absolute atomic E-state index is 0.997. The van der Waals surface area contributed by atoms with Crippen LogP contribution in [-0.4, -0.2) is 14.5 Å². The molecule has 2 aromatic heterocycles. The zero-order chi connectivity index (χ0) is 11.8. The van der Waals surface area contributed by atoms with Crippen molar-refractivity contribution < 1.29 is 0 Å². The molecular weight excluding hydrogens is 230 g/mol. The van der Waals surface area contributed by atoms with Crippen LogP contribution in [0.5, 0.6) is 0 Å². The molecule has 0 aliphatic heterocycles. The topological polar surface area (TPSA) is 30.7 Å². The number of benzene rings is 1. The Morgan fingerprint density at radius 1 is 1.35 bits per heavy atom. The Labute approximate surface area is 104 Å². The molecule has 0 radical (unpaired) electrons. The van der Waals surface area contributed by atoms with Crippen LogP contribution in [0.25, 0.3) is 22.3 Å². The Morgan fingerprint density at radius 3 is 3.00 bits per heavy atom. The van der Waals surface area contributed by atoms with Crippen LogP contribution in [0.3, 0.4) is 0 Å². The van der Waals surface area contributed by atoms with Gasteiger partial charge in [-0.2, -0.15) is 0 Å². The Hall–Kier alpha value is -1.68. The molecule has 3 aromatic rings. The summed E-state index contributed by atoms with van der Waals surface area (Å²) < 4.78 is 2.03. The van der Waals surface area contributed by atoms with E-state index < -0.39 is 0 Å². The highest BCUT2D eigenvalue weighted by atomic mass is 32.1. The smallest absolute Gasteiger partial charge is 0.0955 e. The number of aryl methyl sites for hydroxylation is 2. The second-order valence-corrected chi connectivity index (χ2v) is 4.98. The largest absolute Gasteiger partial charge is 0.334 e. The van der Waals surface area contributed by atoms with Gasteiger partial charge in [0.2, 0.25) is 0 Å². The maximum atomic E-state index is 4.60. The molecular formula is C13H13N3S. The van der Waals surface area contributed by atoms with E-state index in [2.05, 4.69) is 40.5 Å². The Balaban J connectivity index is 2.11. The van der Waals surface area contributed by atoms with Crippen molar-refractivity contribution >= 4 is 22.4 Å². The van der Waals surface area contributed by atoms with Crippen molar-refractivity contribution in [3.63, 3.8) is 0 Å². The molecule has 2 heterocycles. The number of fused-ring (bicyclic) bond motifs is 1. The van der Waals surface area contributed by atoms with Gasteiger partial charge >= 0.3 is 0 Å². The highest BCUT2D eigenvalue weighted by molar-refractivity contribution is 7.09. The molecule has 0 N–H and O–H groups in total. The van der Waals surface area contributed by atoms with Gasteiger partial charge in [0, 0.05) is 18.0 Å². The van der Waals surface area contributed by atoms with Crippen LogP contribution in [0.2, 0.25) is 0 Å². The predicted octanol–water partition coefficient (Wildman–Crippen LogP) is 3.26. The van der Waals surface area contributed by atoms with Crippen molar-refractivity contribution in [1.82, 2.24) is 14.5 Å². The van der Waals surface area contributed by atoms with Gasteiger partial charge in [0.1, 0.15) is 0 Å². The molecule has 0 spiro atoms. The lowest BCUT2D eigenvalue weighted by Gasteiger charge is -1.98. The van der Waals surface area contributed by atoms with Crippen molar-refractivity contribution in [1.29, 1.82) is 0 Å². The normalized spacial score (nSPS) is 11.2. The van der Waals surface area contributed by atoms with Gasteiger partial charge in [-0.15, -0.1) is 11.3 Å². The number of hydrogen-bond donors (Lipinski definition) is 0. The van der Waals surface area contributed by atoms with E-state index in [0.29, 0.717) is 0 Å². The third kappa shape index (κ3) is 1.74. The van der Waals surface area contributed by atoms with Gasteiger partial charge in [0.25, 0.3) is 0 Å². The number of nitrogens with zero attached hydrogens (tertiary/aromatic N) is 3. The molecule has 0 unspecified atom stereocenters. The molecule has 86 valence electrons. The maximum absolute atomic E-state index is 4.60. The van der Waals surface area contributed by atoms with E-state index >= 15 is 0 Å². The molecule has 4 heteroatoms. The van der Waals surface area contributed by atoms with Gasteiger partial charge in [-0.1, -0.05) is 13.0 Å². The summed E-state index contributed by atoms with van der Waals surface area (Å²) in [4.78, 5) is 8.97. The van der Waals surface area contributed by atoms with Crippen molar-refractivity contribution in [2.24, 2.45) is 7.05 Å². The first kappa shape index (κ1) is 10.5. The van der Waals surface area contributed by atoms with E-state index in [1.807, 2.05) is 17.9 Å². The molecule has 0 atom stereocenters. The van der Waals surface area contributed by atoms with E-state index in [9.17, 15) is 0 Å². The number of hydrogen-bond acceptors (Lipinski definition) is 3. The van der Waals surface area contributed by atoms with Crippen molar-refractivity contribution in [2.75, 3.05) is 0 Å². The van der Waals surface area contributed by atoms with Gasteiger partial charge in [-0.3, -0.25) is 0 Å². The lowest BCUT2D eigenvalue weighted by Crippen LogP contribution is -1.84. The number of rotatable bonds is 2. The third-order valence-electron chi connectivity index (χ3n) is 2.88. The number of imidazole rings is 1. The van der Waals surface area contributed by atoms with E-state index in [1.54, 1.807) is 11.3 Å². The average Bonchev–Trinajstić information content (AvgIpc) is 2.96. The summed E-state index contributed by atoms with van der Waals surface area (Å²) in [5.41, 5.74) is 4.38. The fourth-order valence-electron chi connectivity index (χ4n) is 1.90. The highest BCUT2D eigenvalue weighted by Crippen LogP contribution is 2.25. The highest BCUT2D eigenvalue weighted by Gasteiger charge is 2.06. The Morgan fingerprint density at radius 2 is 2.24 bits per heavy atom. The summed E-state index contributed by atoms with van der Waals surface area (Å²) in [6.07, 6.45) is 2.84. The molecule has 0 aliphatic carbocycles. The fourth-order valence-corrected chi connectivity index (χ4v) is 2.66. The zero-order valence-corrected chi connectivity index (χ0v) is 10.7. The molecule has 3 nitrogen and oxygen atoms in total. The average molecular weight is 243 g/mol. The Bertz CT molecular complexity index is 666. The second kappa shape index (κ2) is 3.96. The maximum Gasteiger partial charge on any atom is 0.0955 e. The predicted molar refractivity (Wildman–Crippen MR) is 71.2 cm³/mol. The number of aromatic nitrogens is 3. The molecule has 0 saturated carbocycles. The van der Waals surface area contributed by atoms with Crippen LogP contribution in [-0.2, 0) is 13.5 Å². The molecule has 0 saturated heterocycles. The van der Waals surface area contributed by atoms with E-state index in [0.717, 1.165) is 28.7 Å². The molecule has 0 aliphatic rings. The minimum atomic E-state index is 0.997. The first-order chi connectivity index (χ1) is 8.28. The fraction of sp³-hybridized carbons (Fsp3) is 0.231. The lowest BCUT2D eigenvalue weighted by molar-refractivity contribution is 0.948. The summed E-state index contributed by atoms with van der Waals surface area (Å²) >= 11 is 1.72. The van der Waals surface area contributed by atoms with E-state index in [4.69, 9.17) is 0 Å². The second-order valence-electron chi connectivity index (χ2n) is 4.04. The van der Waals surface area contributed by atoms with Crippen molar-refractivity contribution in [3.05, 3.63) is 34.9 Å². The van der Waals surface area contributed by atoms with Crippen molar-refractivity contribution in [2.45, 2.75) is 13.3 Å². The molecule has 17 heavy (non-hydrogen) atoms. The van der Waals surface area contributed by atoms with Crippen molar-refractivity contribution in [3.8, 4) is 11.3 Å². The van der Waals surface area contributed by atoms with Gasteiger partial charge in [-0.25, -0.2) is 9.97 Å².